The van der Waals surface area contributed by atoms with E-state index in [2.05, 4.69) is 9.72 Å². The fourth-order valence-electron chi connectivity index (χ4n) is 3.17. The Bertz CT molecular complexity index is 1050. The second kappa shape index (κ2) is 7.92. The summed E-state index contributed by atoms with van der Waals surface area (Å²) in [6.45, 7) is 4.41. The molecular formula is C20H22N2O4S. The zero-order valence-corrected chi connectivity index (χ0v) is 16.7. The van der Waals surface area contributed by atoms with Gasteiger partial charge in [-0.05, 0) is 43.5 Å². The Morgan fingerprint density at radius 1 is 1.26 bits per heavy atom. The number of aryl methyl sites for hydroxylation is 3. The molecule has 1 aromatic carbocycles. The molecule has 0 N–H and O–H groups in total. The molecule has 142 valence electrons. The molecule has 2 aromatic heterocycles. The summed E-state index contributed by atoms with van der Waals surface area (Å²) in [5, 5.41) is 0.627. The van der Waals surface area contributed by atoms with Gasteiger partial charge in [-0.25, -0.2) is 4.98 Å². The fraction of sp³-hybridized carbons (Fsp3) is 0.350. The molecular weight excluding hydrogens is 364 g/mol. The second-order valence-corrected chi connectivity index (χ2v) is 7.52. The average Bonchev–Trinajstić information content (AvgIpc) is 3.00. The Hall–Kier alpha value is -2.67. The maximum Gasteiger partial charge on any atom is 0.305 e. The maximum absolute atomic E-state index is 13.1. The molecule has 0 saturated carbocycles. The van der Waals surface area contributed by atoms with Crippen LogP contribution in [0.25, 0.3) is 21.3 Å². The molecule has 0 saturated heterocycles. The first-order valence-corrected chi connectivity index (χ1v) is 9.48. The lowest BCUT2D eigenvalue weighted by molar-refractivity contribution is -0.140. The van der Waals surface area contributed by atoms with E-state index in [9.17, 15) is 9.59 Å². The van der Waals surface area contributed by atoms with E-state index in [1.165, 1.54) is 18.4 Å². The number of fused-ring (bicyclic) bond motifs is 1. The van der Waals surface area contributed by atoms with Gasteiger partial charge in [0.25, 0.3) is 5.56 Å². The standard InChI is InChI=1S/C20H22N2O4S/c1-12-10-14(7-8-15(12)25-3)17-13(2)27-19-18(17)20(24)22(11-21-19)9-5-6-16(23)26-4/h7-8,10-11H,5-6,9H2,1-4H3. The minimum atomic E-state index is -0.280. The number of thiophene rings is 1. The minimum Gasteiger partial charge on any atom is -0.496 e. The summed E-state index contributed by atoms with van der Waals surface area (Å²) in [4.78, 5) is 30.6. The topological polar surface area (TPSA) is 70.4 Å². The monoisotopic (exact) mass is 386 g/mol. The van der Waals surface area contributed by atoms with Gasteiger partial charge >= 0.3 is 5.97 Å². The van der Waals surface area contributed by atoms with Crippen LogP contribution in [0.3, 0.4) is 0 Å². The number of benzene rings is 1. The van der Waals surface area contributed by atoms with Crippen LogP contribution in [-0.2, 0) is 16.1 Å². The van der Waals surface area contributed by atoms with Gasteiger partial charge in [0.15, 0.2) is 0 Å². The van der Waals surface area contributed by atoms with Gasteiger partial charge in [-0.3, -0.25) is 14.2 Å². The highest BCUT2D eigenvalue weighted by molar-refractivity contribution is 7.19. The van der Waals surface area contributed by atoms with Crippen LogP contribution in [0.4, 0.5) is 0 Å². The largest absolute Gasteiger partial charge is 0.496 e. The summed E-state index contributed by atoms with van der Waals surface area (Å²) in [5.74, 6) is 0.534. The third-order valence-corrected chi connectivity index (χ3v) is 5.56. The zero-order valence-electron chi connectivity index (χ0n) is 15.9. The molecule has 0 bridgehead atoms. The quantitative estimate of drug-likeness (QED) is 0.604. The maximum atomic E-state index is 13.1. The third kappa shape index (κ3) is 3.73. The van der Waals surface area contributed by atoms with Crippen molar-refractivity contribution in [3.8, 4) is 16.9 Å². The van der Waals surface area contributed by atoms with E-state index in [0.717, 1.165) is 32.1 Å². The molecule has 0 spiro atoms. The summed E-state index contributed by atoms with van der Waals surface area (Å²) < 4.78 is 11.6. The zero-order chi connectivity index (χ0) is 19.6. The number of esters is 1. The average molecular weight is 386 g/mol. The van der Waals surface area contributed by atoms with E-state index in [1.54, 1.807) is 18.0 Å². The van der Waals surface area contributed by atoms with Gasteiger partial charge in [-0.1, -0.05) is 6.07 Å². The van der Waals surface area contributed by atoms with Crippen molar-refractivity contribution in [1.82, 2.24) is 9.55 Å². The number of aromatic nitrogens is 2. The lowest BCUT2D eigenvalue weighted by atomic mass is 10.0. The van der Waals surface area contributed by atoms with Gasteiger partial charge in [0.05, 0.1) is 25.9 Å². The van der Waals surface area contributed by atoms with E-state index in [-0.39, 0.29) is 17.9 Å². The van der Waals surface area contributed by atoms with Crippen molar-refractivity contribution in [2.45, 2.75) is 33.2 Å². The molecule has 2 heterocycles. The number of hydrogen-bond donors (Lipinski definition) is 0. The van der Waals surface area contributed by atoms with Gasteiger partial charge in [0.2, 0.25) is 0 Å². The number of carbonyl (C=O) groups is 1. The molecule has 0 atom stereocenters. The van der Waals surface area contributed by atoms with Crippen molar-refractivity contribution in [3.63, 3.8) is 0 Å². The van der Waals surface area contributed by atoms with E-state index in [1.807, 2.05) is 32.0 Å². The third-order valence-electron chi connectivity index (χ3n) is 4.55. The first-order valence-electron chi connectivity index (χ1n) is 8.66. The molecule has 0 fully saturated rings. The van der Waals surface area contributed by atoms with Crippen LogP contribution in [-0.4, -0.2) is 29.7 Å². The Morgan fingerprint density at radius 2 is 2.04 bits per heavy atom. The Kier molecular flexibility index (Phi) is 5.60. The highest BCUT2D eigenvalue weighted by atomic mass is 32.1. The first-order chi connectivity index (χ1) is 13.0. The molecule has 27 heavy (non-hydrogen) atoms. The normalized spacial score (nSPS) is 11.0. The number of nitrogens with zero attached hydrogens (tertiary/aromatic N) is 2. The fourth-order valence-corrected chi connectivity index (χ4v) is 4.18. The summed E-state index contributed by atoms with van der Waals surface area (Å²) in [7, 11) is 3.00. The molecule has 3 rings (SSSR count). The van der Waals surface area contributed by atoms with Crippen LogP contribution in [0.2, 0.25) is 0 Å². The number of methoxy groups -OCH3 is 2. The van der Waals surface area contributed by atoms with Crippen molar-refractivity contribution in [1.29, 1.82) is 0 Å². The smallest absolute Gasteiger partial charge is 0.305 e. The molecule has 0 amide bonds. The number of ether oxygens (including phenoxy) is 2. The van der Waals surface area contributed by atoms with Gasteiger partial charge in [-0.2, -0.15) is 0 Å². The number of hydrogen-bond acceptors (Lipinski definition) is 6. The highest BCUT2D eigenvalue weighted by Gasteiger charge is 2.17. The predicted molar refractivity (Wildman–Crippen MR) is 107 cm³/mol. The summed E-state index contributed by atoms with van der Waals surface area (Å²) in [5.41, 5.74) is 2.82. The van der Waals surface area contributed by atoms with Gasteiger partial charge < -0.3 is 9.47 Å². The summed E-state index contributed by atoms with van der Waals surface area (Å²) >= 11 is 1.51. The van der Waals surface area contributed by atoms with Crippen LogP contribution in [0.15, 0.2) is 29.3 Å². The Balaban J connectivity index is 2.04. The molecule has 3 aromatic rings. The van der Waals surface area contributed by atoms with Gasteiger partial charge in [-0.15, -0.1) is 11.3 Å². The van der Waals surface area contributed by atoms with E-state index in [4.69, 9.17) is 4.74 Å². The summed E-state index contributed by atoms with van der Waals surface area (Å²) in [6.07, 6.45) is 2.36. The minimum absolute atomic E-state index is 0.0855. The van der Waals surface area contributed by atoms with E-state index >= 15 is 0 Å². The highest BCUT2D eigenvalue weighted by Crippen LogP contribution is 2.37. The first kappa shape index (κ1) is 19.1. The van der Waals surface area contributed by atoms with Crippen LogP contribution >= 0.6 is 11.3 Å². The molecule has 6 nitrogen and oxygen atoms in total. The lowest BCUT2D eigenvalue weighted by Gasteiger charge is -2.09. The van der Waals surface area contributed by atoms with E-state index < -0.39 is 0 Å². The number of rotatable bonds is 6. The van der Waals surface area contributed by atoms with Crippen LogP contribution in [0, 0.1) is 13.8 Å². The summed E-state index contributed by atoms with van der Waals surface area (Å²) in [6, 6.07) is 5.91. The van der Waals surface area contributed by atoms with Crippen molar-refractivity contribution in [2.24, 2.45) is 0 Å². The molecule has 0 aliphatic rings. The molecule has 0 aliphatic carbocycles. The van der Waals surface area contributed by atoms with Crippen molar-refractivity contribution in [2.75, 3.05) is 14.2 Å². The van der Waals surface area contributed by atoms with Gasteiger partial charge in [0.1, 0.15) is 10.6 Å². The van der Waals surface area contributed by atoms with Crippen molar-refractivity contribution < 1.29 is 14.3 Å². The van der Waals surface area contributed by atoms with Crippen LogP contribution in [0.1, 0.15) is 23.3 Å². The predicted octanol–water partition coefficient (Wildman–Crippen LogP) is 3.70. The van der Waals surface area contributed by atoms with Crippen molar-refractivity contribution >= 4 is 27.5 Å². The lowest BCUT2D eigenvalue weighted by Crippen LogP contribution is -2.21. The molecule has 0 radical (unpaired) electrons. The Labute approximate surface area is 161 Å². The van der Waals surface area contributed by atoms with Crippen LogP contribution in [0.5, 0.6) is 5.75 Å². The molecule has 0 unspecified atom stereocenters. The van der Waals surface area contributed by atoms with Gasteiger partial charge in [0, 0.05) is 23.4 Å². The van der Waals surface area contributed by atoms with Crippen molar-refractivity contribution in [3.05, 3.63) is 45.3 Å². The Morgan fingerprint density at radius 3 is 2.70 bits per heavy atom. The molecule has 7 heteroatoms. The number of carbonyl (C=O) groups excluding carboxylic acids is 1. The van der Waals surface area contributed by atoms with E-state index in [0.29, 0.717) is 18.4 Å². The molecule has 0 aliphatic heterocycles. The SMILES string of the molecule is COC(=O)CCCn1cnc2sc(C)c(-c3ccc(OC)c(C)c3)c2c1=O. The second-order valence-electron chi connectivity index (χ2n) is 6.32. The van der Waals surface area contributed by atoms with Crippen LogP contribution < -0.4 is 10.3 Å².